The highest BCUT2D eigenvalue weighted by molar-refractivity contribution is 14.0. The number of nitrogens with one attached hydrogen (secondary N) is 3. The molecule has 1 aliphatic rings. The first-order chi connectivity index (χ1) is 10.6. The zero-order chi connectivity index (χ0) is 15.9. The molecule has 6 heteroatoms. The van der Waals surface area contributed by atoms with Crippen molar-refractivity contribution < 1.29 is 4.79 Å². The molecule has 23 heavy (non-hydrogen) atoms. The summed E-state index contributed by atoms with van der Waals surface area (Å²) in [5.74, 6) is 0.821. The minimum absolute atomic E-state index is 0. The molecule has 1 saturated carbocycles. The largest absolute Gasteiger partial charge is 0.354 e. The molecule has 0 saturated heterocycles. The van der Waals surface area contributed by atoms with E-state index in [9.17, 15) is 4.79 Å². The van der Waals surface area contributed by atoms with Gasteiger partial charge in [-0.25, -0.2) is 0 Å². The van der Waals surface area contributed by atoms with E-state index in [0.717, 1.165) is 17.9 Å². The Labute approximate surface area is 155 Å². The second-order valence-electron chi connectivity index (χ2n) is 5.82. The Hall–Kier alpha value is -1.31. The minimum atomic E-state index is -0.0138. The second kappa shape index (κ2) is 9.75. The van der Waals surface area contributed by atoms with Crippen LogP contribution in [-0.4, -0.2) is 31.0 Å². The smallest absolute Gasteiger partial charge is 0.251 e. The molecule has 0 radical (unpaired) electrons. The summed E-state index contributed by atoms with van der Waals surface area (Å²) in [6.07, 6.45) is 3.38. The maximum absolute atomic E-state index is 12.0. The normalized spacial score (nSPS) is 15.3. The molecule has 128 valence electrons. The van der Waals surface area contributed by atoms with Gasteiger partial charge in [0.25, 0.3) is 5.91 Å². The van der Waals surface area contributed by atoms with Crippen molar-refractivity contribution >= 4 is 35.8 Å². The summed E-state index contributed by atoms with van der Waals surface area (Å²) in [5, 5.41) is 9.60. The Morgan fingerprint density at radius 3 is 2.48 bits per heavy atom. The molecular weight excluding hydrogens is 403 g/mol. The third-order valence-electron chi connectivity index (χ3n) is 3.81. The number of carbonyl (C=O) groups excluding carboxylic acids is 1. The summed E-state index contributed by atoms with van der Waals surface area (Å²) in [5.41, 5.74) is 1.82. The van der Waals surface area contributed by atoms with Crippen LogP contribution in [0.1, 0.15) is 49.0 Å². The van der Waals surface area contributed by atoms with Gasteiger partial charge in [-0.1, -0.05) is 19.1 Å². The molecule has 0 heterocycles. The lowest BCUT2D eigenvalue weighted by molar-refractivity contribution is 0.0939. The molecule has 1 aromatic rings. The van der Waals surface area contributed by atoms with Crippen LogP contribution >= 0.6 is 24.0 Å². The Morgan fingerprint density at radius 2 is 1.96 bits per heavy atom. The Kier molecular flexibility index (Phi) is 8.36. The molecule has 1 amide bonds. The summed E-state index contributed by atoms with van der Waals surface area (Å²) in [4.78, 5) is 16.2. The molecular formula is C17H27IN4O. The van der Waals surface area contributed by atoms with Crippen LogP contribution in [0, 0.1) is 0 Å². The first kappa shape index (κ1) is 19.7. The molecule has 2 rings (SSSR count). The number of hydrogen-bond donors (Lipinski definition) is 3. The lowest BCUT2D eigenvalue weighted by Gasteiger charge is -2.13. The summed E-state index contributed by atoms with van der Waals surface area (Å²) >= 11 is 0. The molecule has 1 unspecified atom stereocenters. The van der Waals surface area contributed by atoms with Crippen molar-refractivity contribution in [2.45, 2.75) is 51.7 Å². The van der Waals surface area contributed by atoms with Gasteiger partial charge in [-0.3, -0.25) is 9.79 Å². The van der Waals surface area contributed by atoms with Crippen molar-refractivity contribution in [2.75, 3.05) is 7.05 Å². The van der Waals surface area contributed by atoms with E-state index in [0.29, 0.717) is 18.2 Å². The third kappa shape index (κ3) is 6.76. The topological polar surface area (TPSA) is 65.5 Å². The molecule has 0 aliphatic heterocycles. The van der Waals surface area contributed by atoms with Gasteiger partial charge in [0.1, 0.15) is 0 Å². The van der Waals surface area contributed by atoms with Gasteiger partial charge < -0.3 is 16.0 Å². The van der Waals surface area contributed by atoms with E-state index in [2.05, 4.69) is 27.9 Å². The van der Waals surface area contributed by atoms with E-state index in [1.807, 2.05) is 31.2 Å². The first-order valence-electron chi connectivity index (χ1n) is 7.99. The summed E-state index contributed by atoms with van der Waals surface area (Å²) in [6.45, 7) is 4.76. The average molecular weight is 430 g/mol. The van der Waals surface area contributed by atoms with Crippen LogP contribution in [0.3, 0.4) is 0 Å². The van der Waals surface area contributed by atoms with Crippen molar-refractivity contribution in [3.05, 3.63) is 35.4 Å². The van der Waals surface area contributed by atoms with E-state index in [1.165, 1.54) is 12.8 Å². The number of nitrogens with zero attached hydrogens (tertiary/aromatic N) is 1. The van der Waals surface area contributed by atoms with Gasteiger partial charge in [-0.2, -0.15) is 0 Å². The van der Waals surface area contributed by atoms with Crippen molar-refractivity contribution in [2.24, 2.45) is 4.99 Å². The van der Waals surface area contributed by atoms with Gasteiger partial charge in [0.2, 0.25) is 0 Å². The lowest BCUT2D eigenvalue weighted by atomic mass is 10.1. The van der Waals surface area contributed by atoms with Crippen LogP contribution in [0.2, 0.25) is 0 Å². The summed E-state index contributed by atoms with van der Waals surface area (Å²) in [7, 11) is 1.78. The lowest BCUT2D eigenvalue weighted by Crippen LogP contribution is -2.38. The predicted molar refractivity (Wildman–Crippen MR) is 105 cm³/mol. The molecule has 3 N–H and O–H groups in total. The maximum Gasteiger partial charge on any atom is 0.251 e. The Balaban J connectivity index is 0.00000264. The van der Waals surface area contributed by atoms with Crippen LogP contribution < -0.4 is 16.0 Å². The molecule has 1 atom stereocenters. The fourth-order valence-corrected chi connectivity index (χ4v) is 1.98. The molecule has 1 fully saturated rings. The quantitative estimate of drug-likeness (QED) is 0.370. The SMILES string of the molecule is CCC(C)NC(=O)c1ccc(CNC(=NC)NC2CC2)cc1.I. The predicted octanol–water partition coefficient (Wildman–Crippen LogP) is 2.66. The monoisotopic (exact) mass is 430 g/mol. The van der Waals surface area contributed by atoms with Crippen molar-refractivity contribution in [1.82, 2.24) is 16.0 Å². The average Bonchev–Trinajstić information content (AvgIpc) is 3.35. The van der Waals surface area contributed by atoms with Gasteiger partial charge in [0.05, 0.1) is 0 Å². The van der Waals surface area contributed by atoms with Crippen molar-refractivity contribution in [3.63, 3.8) is 0 Å². The maximum atomic E-state index is 12.0. The molecule has 5 nitrogen and oxygen atoms in total. The minimum Gasteiger partial charge on any atom is -0.354 e. The number of rotatable bonds is 6. The number of benzene rings is 1. The van der Waals surface area contributed by atoms with Gasteiger partial charge >= 0.3 is 0 Å². The van der Waals surface area contributed by atoms with Crippen LogP contribution in [0.5, 0.6) is 0 Å². The summed E-state index contributed by atoms with van der Waals surface area (Å²) < 4.78 is 0. The number of hydrogen-bond acceptors (Lipinski definition) is 2. The highest BCUT2D eigenvalue weighted by Crippen LogP contribution is 2.18. The van der Waals surface area contributed by atoms with E-state index < -0.39 is 0 Å². The number of amides is 1. The van der Waals surface area contributed by atoms with Crippen LogP contribution in [0.25, 0.3) is 0 Å². The van der Waals surface area contributed by atoms with E-state index in [-0.39, 0.29) is 35.9 Å². The fourth-order valence-electron chi connectivity index (χ4n) is 1.98. The van der Waals surface area contributed by atoms with Crippen LogP contribution in [0.4, 0.5) is 0 Å². The van der Waals surface area contributed by atoms with E-state index in [4.69, 9.17) is 0 Å². The van der Waals surface area contributed by atoms with Gasteiger partial charge in [0.15, 0.2) is 5.96 Å². The van der Waals surface area contributed by atoms with Gasteiger partial charge in [-0.05, 0) is 43.9 Å². The highest BCUT2D eigenvalue weighted by atomic mass is 127. The molecule has 1 aromatic carbocycles. The molecule has 0 aromatic heterocycles. The van der Waals surface area contributed by atoms with Crippen LogP contribution in [0.15, 0.2) is 29.3 Å². The first-order valence-corrected chi connectivity index (χ1v) is 7.99. The number of halogens is 1. The van der Waals surface area contributed by atoms with E-state index in [1.54, 1.807) is 7.05 Å². The number of carbonyl (C=O) groups is 1. The Bertz CT molecular complexity index is 526. The molecule has 1 aliphatic carbocycles. The third-order valence-corrected chi connectivity index (χ3v) is 3.81. The highest BCUT2D eigenvalue weighted by Gasteiger charge is 2.21. The number of guanidine groups is 1. The van der Waals surface area contributed by atoms with Gasteiger partial charge in [0, 0.05) is 31.2 Å². The number of aliphatic imine (C=N–C) groups is 1. The second-order valence-corrected chi connectivity index (χ2v) is 5.82. The zero-order valence-electron chi connectivity index (χ0n) is 14.1. The van der Waals surface area contributed by atoms with E-state index >= 15 is 0 Å². The van der Waals surface area contributed by atoms with Crippen LogP contribution in [-0.2, 0) is 6.54 Å². The van der Waals surface area contributed by atoms with Crippen molar-refractivity contribution in [3.8, 4) is 0 Å². The molecule has 0 spiro atoms. The van der Waals surface area contributed by atoms with Gasteiger partial charge in [-0.15, -0.1) is 24.0 Å². The zero-order valence-corrected chi connectivity index (χ0v) is 16.4. The fraction of sp³-hybridized carbons (Fsp3) is 0.529. The Morgan fingerprint density at radius 1 is 1.30 bits per heavy atom. The van der Waals surface area contributed by atoms with Crippen molar-refractivity contribution in [1.29, 1.82) is 0 Å². The molecule has 0 bridgehead atoms. The summed E-state index contributed by atoms with van der Waals surface area (Å²) in [6, 6.07) is 8.47. The standard InChI is InChI=1S/C17H26N4O.HI/c1-4-12(2)20-16(22)14-7-5-13(6-8-14)11-19-17(18-3)21-15-9-10-15;/h5-8,12,15H,4,9-11H2,1-3H3,(H,20,22)(H2,18,19,21);1H.